The quantitative estimate of drug-likeness (QED) is 0.291. The smallest absolute Gasteiger partial charge is 0.321 e. The number of nitrogens with two attached hydrogens (primary N) is 1. The van der Waals surface area contributed by atoms with E-state index in [0.29, 0.717) is 19.5 Å². The number of hydrogen-bond acceptors (Lipinski definition) is 6. The molecule has 1 aromatic carbocycles. The SMILES string of the molecule is NCCCN[C@@H](CC(=O)Nc1ccccc1[N+](=O)[O-])C(=O)O. The van der Waals surface area contributed by atoms with Crippen molar-refractivity contribution < 1.29 is 19.6 Å². The van der Waals surface area contributed by atoms with Crippen LogP contribution in [0.1, 0.15) is 12.8 Å². The molecule has 0 heterocycles. The van der Waals surface area contributed by atoms with E-state index >= 15 is 0 Å². The zero-order chi connectivity index (χ0) is 16.5. The molecule has 1 amide bonds. The average molecular weight is 310 g/mol. The number of carbonyl (C=O) groups excluding carboxylic acids is 1. The molecule has 120 valence electrons. The maximum Gasteiger partial charge on any atom is 0.321 e. The Labute approximate surface area is 126 Å². The van der Waals surface area contributed by atoms with E-state index in [9.17, 15) is 19.7 Å². The van der Waals surface area contributed by atoms with Crippen LogP contribution < -0.4 is 16.4 Å². The summed E-state index contributed by atoms with van der Waals surface area (Å²) in [5, 5.41) is 25.0. The third-order valence-corrected chi connectivity index (χ3v) is 2.83. The van der Waals surface area contributed by atoms with E-state index in [4.69, 9.17) is 10.8 Å². The second-order valence-corrected chi connectivity index (χ2v) is 4.51. The molecule has 0 unspecified atom stereocenters. The molecule has 1 rings (SSSR count). The van der Waals surface area contributed by atoms with E-state index in [2.05, 4.69) is 10.6 Å². The minimum Gasteiger partial charge on any atom is -0.480 e. The van der Waals surface area contributed by atoms with Gasteiger partial charge in [0.15, 0.2) is 0 Å². The lowest BCUT2D eigenvalue weighted by molar-refractivity contribution is -0.383. The van der Waals surface area contributed by atoms with Gasteiger partial charge in [0.05, 0.1) is 11.3 Å². The van der Waals surface area contributed by atoms with Gasteiger partial charge in [0, 0.05) is 6.07 Å². The molecule has 5 N–H and O–H groups in total. The Morgan fingerprint density at radius 1 is 1.36 bits per heavy atom. The number of carboxylic acids is 1. The molecule has 0 aliphatic rings. The second-order valence-electron chi connectivity index (χ2n) is 4.51. The fourth-order valence-corrected chi connectivity index (χ4v) is 1.75. The number of nitro groups is 1. The lowest BCUT2D eigenvalue weighted by atomic mass is 10.2. The van der Waals surface area contributed by atoms with Crippen molar-refractivity contribution >= 4 is 23.3 Å². The Kier molecular flexibility index (Phi) is 6.93. The van der Waals surface area contributed by atoms with E-state index in [-0.39, 0.29) is 17.8 Å². The summed E-state index contributed by atoms with van der Waals surface area (Å²) in [6.45, 7) is 0.772. The van der Waals surface area contributed by atoms with Crippen LogP contribution in [0.4, 0.5) is 11.4 Å². The molecule has 0 spiro atoms. The number of aliphatic carboxylic acids is 1. The molecule has 9 nitrogen and oxygen atoms in total. The van der Waals surface area contributed by atoms with E-state index < -0.39 is 22.8 Å². The summed E-state index contributed by atoms with van der Waals surface area (Å²) in [5.74, 6) is -1.79. The molecule has 1 atom stereocenters. The first-order chi connectivity index (χ1) is 10.5. The monoisotopic (exact) mass is 310 g/mol. The summed E-state index contributed by atoms with van der Waals surface area (Å²) in [6.07, 6.45) is 0.238. The highest BCUT2D eigenvalue weighted by molar-refractivity contribution is 5.95. The first-order valence-electron chi connectivity index (χ1n) is 6.65. The zero-order valence-electron chi connectivity index (χ0n) is 11.8. The molecule has 0 aromatic heterocycles. The van der Waals surface area contributed by atoms with Crippen LogP contribution in [0.25, 0.3) is 0 Å². The Bertz CT molecular complexity index is 549. The van der Waals surface area contributed by atoms with E-state index in [1.54, 1.807) is 0 Å². The summed E-state index contributed by atoms with van der Waals surface area (Å²) in [7, 11) is 0. The number of hydrogen-bond donors (Lipinski definition) is 4. The van der Waals surface area contributed by atoms with Gasteiger partial charge in [-0.1, -0.05) is 12.1 Å². The summed E-state index contributed by atoms with van der Waals surface area (Å²) in [6, 6.07) is 4.57. The van der Waals surface area contributed by atoms with Gasteiger partial charge >= 0.3 is 5.97 Å². The molecular weight excluding hydrogens is 292 g/mol. The lowest BCUT2D eigenvalue weighted by Gasteiger charge is -2.14. The van der Waals surface area contributed by atoms with Crippen LogP contribution >= 0.6 is 0 Å². The molecule has 0 aliphatic carbocycles. The van der Waals surface area contributed by atoms with Gasteiger partial charge in [-0.2, -0.15) is 0 Å². The zero-order valence-corrected chi connectivity index (χ0v) is 11.8. The second kappa shape index (κ2) is 8.70. The maximum atomic E-state index is 11.9. The number of nitrogens with one attached hydrogen (secondary N) is 2. The molecule has 0 radical (unpaired) electrons. The van der Waals surface area contributed by atoms with Gasteiger partial charge in [0.1, 0.15) is 11.7 Å². The minimum atomic E-state index is -1.17. The van der Waals surface area contributed by atoms with Gasteiger partial charge in [0.2, 0.25) is 5.91 Å². The largest absolute Gasteiger partial charge is 0.480 e. The Balaban J connectivity index is 2.68. The summed E-state index contributed by atoms with van der Waals surface area (Å²) < 4.78 is 0. The summed E-state index contributed by atoms with van der Waals surface area (Å²) >= 11 is 0. The predicted molar refractivity (Wildman–Crippen MR) is 79.4 cm³/mol. The number of para-hydroxylation sites is 2. The van der Waals surface area contributed by atoms with Gasteiger partial charge < -0.3 is 21.5 Å². The molecule has 1 aromatic rings. The van der Waals surface area contributed by atoms with Crippen molar-refractivity contribution in [3.05, 3.63) is 34.4 Å². The normalized spacial score (nSPS) is 11.7. The van der Waals surface area contributed by atoms with Gasteiger partial charge in [-0.25, -0.2) is 0 Å². The molecule has 0 bridgehead atoms. The third kappa shape index (κ3) is 5.46. The van der Waals surface area contributed by atoms with Crippen molar-refractivity contribution in [3.8, 4) is 0 Å². The number of amides is 1. The number of nitro benzene ring substituents is 1. The number of nitrogens with zero attached hydrogens (tertiary/aromatic N) is 1. The Morgan fingerprint density at radius 3 is 2.64 bits per heavy atom. The first kappa shape index (κ1) is 17.5. The van der Waals surface area contributed by atoms with Gasteiger partial charge in [-0.05, 0) is 25.6 Å². The van der Waals surface area contributed by atoms with Crippen molar-refractivity contribution in [2.45, 2.75) is 18.9 Å². The van der Waals surface area contributed by atoms with Crippen molar-refractivity contribution in [3.63, 3.8) is 0 Å². The highest BCUT2D eigenvalue weighted by Crippen LogP contribution is 2.23. The molecule has 0 fully saturated rings. The number of benzene rings is 1. The van der Waals surface area contributed by atoms with Crippen LogP contribution in [0, 0.1) is 10.1 Å². The van der Waals surface area contributed by atoms with Gasteiger partial charge in [-0.15, -0.1) is 0 Å². The van der Waals surface area contributed by atoms with E-state index in [0.717, 1.165) is 0 Å². The minimum absolute atomic E-state index is 0.0311. The maximum absolute atomic E-state index is 11.9. The molecule has 0 saturated carbocycles. The number of anilines is 1. The van der Waals surface area contributed by atoms with Crippen molar-refractivity contribution in [2.75, 3.05) is 18.4 Å². The molecule has 0 aliphatic heterocycles. The van der Waals surface area contributed by atoms with Crippen LogP contribution in [0.15, 0.2) is 24.3 Å². The fraction of sp³-hybridized carbons (Fsp3) is 0.385. The predicted octanol–water partition coefficient (Wildman–Crippen LogP) is 0.315. The number of carbonyl (C=O) groups is 2. The molecule has 0 saturated heterocycles. The standard InChI is InChI=1S/C13H18N4O5/c14-6-3-7-15-10(13(19)20)8-12(18)16-9-4-1-2-5-11(9)17(21)22/h1-2,4-5,10,15H,3,6-8,14H2,(H,16,18)(H,19,20)/t10-/m0/s1. The van der Waals surface area contributed by atoms with Crippen molar-refractivity contribution in [2.24, 2.45) is 5.73 Å². The molecule has 22 heavy (non-hydrogen) atoms. The van der Waals surface area contributed by atoms with Crippen LogP contribution in [-0.2, 0) is 9.59 Å². The molecular formula is C13H18N4O5. The van der Waals surface area contributed by atoms with Gasteiger partial charge in [-0.3, -0.25) is 19.7 Å². The van der Waals surface area contributed by atoms with Crippen molar-refractivity contribution in [1.29, 1.82) is 0 Å². The van der Waals surface area contributed by atoms with Gasteiger partial charge in [0.25, 0.3) is 5.69 Å². The summed E-state index contributed by atoms with van der Waals surface area (Å²) in [4.78, 5) is 33.2. The third-order valence-electron chi connectivity index (χ3n) is 2.83. The number of carboxylic acid groups (broad SMARTS) is 1. The topological polar surface area (TPSA) is 148 Å². The van der Waals surface area contributed by atoms with Crippen molar-refractivity contribution in [1.82, 2.24) is 5.32 Å². The van der Waals surface area contributed by atoms with Crippen LogP contribution in [-0.4, -0.2) is 41.0 Å². The Hall–Kier alpha value is -2.52. The van der Waals surface area contributed by atoms with E-state index in [1.807, 2.05) is 0 Å². The molecule has 9 heteroatoms. The van der Waals surface area contributed by atoms with E-state index in [1.165, 1.54) is 24.3 Å². The first-order valence-corrected chi connectivity index (χ1v) is 6.65. The fourth-order valence-electron chi connectivity index (χ4n) is 1.75. The highest BCUT2D eigenvalue weighted by atomic mass is 16.6. The number of rotatable bonds is 9. The highest BCUT2D eigenvalue weighted by Gasteiger charge is 2.22. The lowest BCUT2D eigenvalue weighted by Crippen LogP contribution is -2.40. The average Bonchev–Trinajstić information content (AvgIpc) is 2.46. The van der Waals surface area contributed by atoms with Crippen LogP contribution in [0.5, 0.6) is 0 Å². The Morgan fingerprint density at radius 2 is 2.05 bits per heavy atom. The van der Waals surface area contributed by atoms with Crippen LogP contribution in [0.2, 0.25) is 0 Å². The van der Waals surface area contributed by atoms with Crippen LogP contribution in [0.3, 0.4) is 0 Å². The summed E-state index contributed by atoms with van der Waals surface area (Å²) in [5.41, 5.74) is 5.09.